The van der Waals surface area contributed by atoms with Crippen LogP contribution in [0.2, 0.25) is 5.02 Å². The molecule has 18 heavy (non-hydrogen) atoms. The van der Waals surface area contributed by atoms with Gasteiger partial charge in [-0.2, -0.15) is 0 Å². The number of nitrogens with zero attached hydrogens (tertiary/aromatic N) is 3. The summed E-state index contributed by atoms with van der Waals surface area (Å²) in [7, 11) is 4.05. The number of imidazole rings is 1. The second kappa shape index (κ2) is 5.84. The number of hydrogen-bond donors (Lipinski definition) is 1. The molecule has 2 aromatic rings. The molecule has 2 rings (SSSR count). The maximum absolute atomic E-state index is 5.97. The van der Waals surface area contributed by atoms with Crippen molar-refractivity contribution in [3.63, 3.8) is 0 Å². The van der Waals surface area contributed by atoms with Gasteiger partial charge in [0.05, 0.1) is 17.6 Å². The number of aryl methyl sites for hydroxylation is 1. The van der Waals surface area contributed by atoms with E-state index in [1.54, 1.807) is 11.3 Å². The van der Waals surface area contributed by atoms with Crippen molar-refractivity contribution in [2.45, 2.75) is 12.6 Å². The van der Waals surface area contributed by atoms with E-state index >= 15 is 0 Å². The highest BCUT2D eigenvalue weighted by Crippen LogP contribution is 2.28. The molecule has 1 unspecified atom stereocenters. The lowest BCUT2D eigenvalue weighted by Crippen LogP contribution is -2.30. The molecule has 0 aliphatic carbocycles. The number of hydrogen-bond acceptors (Lipinski definition) is 4. The molecule has 0 amide bonds. The van der Waals surface area contributed by atoms with E-state index in [0.717, 1.165) is 17.4 Å². The maximum Gasteiger partial charge on any atom is 0.122 e. The quantitative estimate of drug-likeness (QED) is 0.916. The first-order chi connectivity index (χ1) is 8.61. The van der Waals surface area contributed by atoms with Crippen molar-refractivity contribution in [1.29, 1.82) is 0 Å². The summed E-state index contributed by atoms with van der Waals surface area (Å²) in [6.07, 6.45) is 3.76. The minimum absolute atomic E-state index is 0.180. The first-order valence-corrected chi connectivity index (χ1v) is 6.98. The SMILES string of the molecule is CN(Cc1nccn1C)C(CN)c1cc(Cl)cs1. The molecule has 2 heterocycles. The molecule has 0 radical (unpaired) electrons. The smallest absolute Gasteiger partial charge is 0.122 e. The molecule has 2 aromatic heterocycles. The Morgan fingerprint density at radius 2 is 2.39 bits per heavy atom. The van der Waals surface area contributed by atoms with E-state index in [1.165, 1.54) is 4.88 Å². The van der Waals surface area contributed by atoms with Gasteiger partial charge in [-0.15, -0.1) is 11.3 Å². The van der Waals surface area contributed by atoms with E-state index in [2.05, 4.69) is 16.9 Å². The van der Waals surface area contributed by atoms with E-state index in [0.29, 0.717) is 6.54 Å². The molecule has 0 bridgehead atoms. The minimum atomic E-state index is 0.180. The predicted molar refractivity (Wildman–Crippen MR) is 75.8 cm³/mol. The molecular formula is C12H17ClN4S. The number of thiophene rings is 1. The average Bonchev–Trinajstić information content (AvgIpc) is 2.91. The third-order valence-electron chi connectivity index (χ3n) is 2.98. The Balaban J connectivity index is 2.11. The molecule has 0 aliphatic heterocycles. The fourth-order valence-electron chi connectivity index (χ4n) is 1.90. The van der Waals surface area contributed by atoms with Crippen LogP contribution in [0, 0.1) is 0 Å². The van der Waals surface area contributed by atoms with Crippen LogP contribution in [-0.4, -0.2) is 28.0 Å². The van der Waals surface area contributed by atoms with Gasteiger partial charge in [0.1, 0.15) is 5.82 Å². The molecule has 4 nitrogen and oxygen atoms in total. The van der Waals surface area contributed by atoms with Gasteiger partial charge in [-0.1, -0.05) is 11.6 Å². The van der Waals surface area contributed by atoms with E-state index in [4.69, 9.17) is 17.3 Å². The van der Waals surface area contributed by atoms with Crippen LogP contribution in [0.15, 0.2) is 23.8 Å². The van der Waals surface area contributed by atoms with Crippen molar-refractivity contribution in [3.05, 3.63) is 39.6 Å². The van der Waals surface area contributed by atoms with Gasteiger partial charge in [0.2, 0.25) is 0 Å². The number of rotatable bonds is 5. The van der Waals surface area contributed by atoms with E-state index < -0.39 is 0 Å². The topological polar surface area (TPSA) is 47.1 Å². The van der Waals surface area contributed by atoms with E-state index in [9.17, 15) is 0 Å². The van der Waals surface area contributed by atoms with Crippen LogP contribution in [0.5, 0.6) is 0 Å². The number of nitrogens with two attached hydrogens (primary N) is 1. The third-order valence-corrected chi connectivity index (χ3v) is 4.36. The molecule has 0 saturated heterocycles. The highest BCUT2D eigenvalue weighted by molar-refractivity contribution is 7.10. The minimum Gasteiger partial charge on any atom is -0.337 e. The zero-order valence-corrected chi connectivity index (χ0v) is 12.1. The largest absolute Gasteiger partial charge is 0.337 e. The first-order valence-electron chi connectivity index (χ1n) is 5.72. The Bertz CT molecular complexity index is 508. The number of halogens is 1. The molecular weight excluding hydrogens is 268 g/mol. The lowest BCUT2D eigenvalue weighted by molar-refractivity contribution is 0.237. The normalized spacial score (nSPS) is 13.2. The van der Waals surface area contributed by atoms with Gasteiger partial charge in [-0.05, 0) is 13.1 Å². The molecule has 0 saturated carbocycles. The molecule has 0 aliphatic rings. The highest BCUT2D eigenvalue weighted by atomic mass is 35.5. The van der Waals surface area contributed by atoms with Crippen molar-refractivity contribution in [2.24, 2.45) is 12.8 Å². The first kappa shape index (κ1) is 13.5. The van der Waals surface area contributed by atoms with Gasteiger partial charge in [0.25, 0.3) is 0 Å². The number of aromatic nitrogens is 2. The van der Waals surface area contributed by atoms with Crippen molar-refractivity contribution < 1.29 is 0 Å². The fourth-order valence-corrected chi connectivity index (χ4v) is 3.16. The second-order valence-corrected chi connectivity index (χ2v) is 5.67. The highest BCUT2D eigenvalue weighted by Gasteiger charge is 2.18. The van der Waals surface area contributed by atoms with Crippen LogP contribution >= 0.6 is 22.9 Å². The molecule has 0 fully saturated rings. The Kier molecular flexibility index (Phi) is 4.40. The van der Waals surface area contributed by atoms with Gasteiger partial charge in [-0.3, -0.25) is 4.90 Å². The summed E-state index contributed by atoms with van der Waals surface area (Å²) in [6.45, 7) is 1.33. The zero-order chi connectivity index (χ0) is 13.1. The van der Waals surface area contributed by atoms with Crippen molar-refractivity contribution in [1.82, 2.24) is 14.5 Å². The summed E-state index contributed by atoms with van der Waals surface area (Å²) in [5, 5.41) is 2.72. The van der Waals surface area contributed by atoms with Gasteiger partial charge in [0.15, 0.2) is 0 Å². The fraction of sp³-hybridized carbons (Fsp3) is 0.417. The van der Waals surface area contributed by atoms with Crippen molar-refractivity contribution >= 4 is 22.9 Å². The Labute approximate surface area is 116 Å². The maximum atomic E-state index is 5.97. The van der Waals surface area contributed by atoms with Crippen LogP contribution in [0.25, 0.3) is 0 Å². The molecule has 6 heteroatoms. The zero-order valence-electron chi connectivity index (χ0n) is 10.5. The number of likely N-dealkylation sites (N-methyl/N-ethyl adjacent to an activating group) is 1. The average molecular weight is 285 g/mol. The molecule has 2 N–H and O–H groups in total. The summed E-state index contributed by atoms with van der Waals surface area (Å²) < 4.78 is 2.02. The van der Waals surface area contributed by atoms with Gasteiger partial charge in [0, 0.05) is 36.2 Å². The van der Waals surface area contributed by atoms with Crippen LogP contribution in [-0.2, 0) is 13.6 Å². The summed E-state index contributed by atoms with van der Waals surface area (Å²) in [6, 6.07) is 2.16. The lowest BCUT2D eigenvalue weighted by Gasteiger charge is -2.25. The summed E-state index contributed by atoms with van der Waals surface area (Å²) in [5.41, 5.74) is 5.88. The van der Waals surface area contributed by atoms with Gasteiger partial charge < -0.3 is 10.3 Å². The summed E-state index contributed by atoms with van der Waals surface area (Å²) >= 11 is 7.62. The lowest BCUT2D eigenvalue weighted by atomic mass is 10.2. The monoisotopic (exact) mass is 284 g/mol. The molecule has 1 atom stereocenters. The molecule has 0 spiro atoms. The second-order valence-electron chi connectivity index (χ2n) is 4.29. The van der Waals surface area contributed by atoms with Gasteiger partial charge >= 0.3 is 0 Å². The van der Waals surface area contributed by atoms with Crippen LogP contribution in [0.3, 0.4) is 0 Å². The van der Waals surface area contributed by atoms with E-state index in [-0.39, 0.29) is 6.04 Å². The van der Waals surface area contributed by atoms with Crippen LogP contribution in [0.4, 0.5) is 0 Å². The Morgan fingerprint density at radius 1 is 1.61 bits per heavy atom. The van der Waals surface area contributed by atoms with E-state index in [1.807, 2.05) is 35.5 Å². The standard InChI is InChI=1S/C12H17ClN4S/c1-16-4-3-15-12(16)7-17(2)10(6-14)11-5-9(13)8-18-11/h3-5,8,10H,6-7,14H2,1-2H3. The summed E-state index contributed by atoms with van der Waals surface area (Å²) in [5.74, 6) is 1.03. The third kappa shape index (κ3) is 2.92. The predicted octanol–water partition coefficient (Wildman–Crippen LogP) is 2.27. The molecule has 0 aromatic carbocycles. The van der Waals surface area contributed by atoms with Crippen LogP contribution in [0.1, 0.15) is 16.7 Å². The van der Waals surface area contributed by atoms with Gasteiger partial charge in [-0.25, -0.2) is 4.98 Å². The molecule has 98 valence electrons. The Hall–Kier alpha value is -0.880. The van der Waals surface area contributed by atoms with Crippen LogP contribution < -0.4 is 5.73 Å². The van der Waals surface area contributed by atoms with Crippen molar-refractivity contribution in [2.75, 3.05) is 13.6 Å². The summed E-state index contributed by atoms with van der Waals surface area (Å²) in [4.78, 5) is 7.72. The van der Waals surface area contributed by atoms with Crippen molar-refractivity contribution in [3.8, 4) is 0 Å². The Morgan fingerprint density at radius 3 is 2.89 bits per heavy atom.